The Labute approximate surface area is 185 Å². The highest BCUT2D eigenvalue weighted by Gasteiger charge is 2.28. The van der Waals surface area contributed by atoms with Gasteiger partial charge in [-0.1, -0.05) is 12.1 Å². The van der Waals surface area contributed by atoms with Crippen molar-refractivity contribution in [2.75, 3.05) is 13.1 Å². The number of imidazole rings is 1. The second-order valence-electron chi connectivity index (χ2n) is 7.96. The average Bonchev–Trinajstić information content (AvgIpc) is 3.24. The molecule has 0 bridgehead atoms. The maximum absolute atomic E-state index is 13.0. The SMILES string of the molecule is Cc1nc(C2CCN(C(=O)c3nccn3C)CC2)ncc1C(=O)NCc1ccc(F)cc1. The van der Waals surface area contributed by atoms with Crippen LogP contribution in [0.2, 0.25) is 0 Å². The first-order chi connectivity index (χ1) is 15.4. The number of carbonyl (C=O) groups excluding carboxylic acids is 2. The molecular formula is C23H25FN6O2. The molecule has 3 aromatic rings. The number of aromatic nitrogens is 4. The van der Waals surface area contributed by atoms with Crippen LogP contribution in [0.25, 0.3) is 0 Å². The first kappa shape index (κ1) is 21.6. The van der Waals surface area contributed by atoms with Gasteiger partial charge in [-0.15, -0.1) is 0 Å². The van der Waals surface area contributed by atoms with E-state index in [1.807, 2.05) is 4.90 Å². The van der Waals surface area contributed by atoms with E-state index in [0.29, 0.717) is 42.5 Å². The number of nitrogens with zero attached hydrogens (tertiary/aromatic N) is 5. The maximum Gasteiger partial charge on any atom is 0.289 e. The third kappa shape index (κ3) is 4.66. The molecule has 1 aliphatic rings. The van der Waals surface area contributed by atoms with Gasteiger partial charge in [-0.25, -0.2) is 19.3 Å². The highest BCUT2D eigenvalue weighted by Crippen LogP contribution is 2.26. The molecule has 1 fully saturated rings. The summed E-state index contributed by atoms with van der Waals surface area (Å²) in [5.41, 5.74) is 1.83. The Balaban J connectivity index is 1.35. The fourth-order valence-electron chi connectivity index (χ4n) is 3.84. The summed E-state index contributed by atoms with van der Waals surface area (Å²) in [6.45, 7) is 3.30. The van der Waals surface area contributed by atoms with Crippen LogP contribution in [0.15, 0.2) is 42.9 Å². The molecule has 0 atom stereocenters. The van der Waals surface area contributed by atoms with Gasteiger partial charge in [0.2, 0.25) is 0 Å². The van der Waals surface area contributed by atoms with Crippen molar-refractivity contribution >= 4 is 11.8 Å². The molecule has 3 heterocycles. The van der Waals surface area contributed by atoms with Crippen LogP contribution in [0.5, 0.6) is 0 Å². The Bertz CT molecular complexity index is 1120. The molecule has 1 N–H and O–H groups in total. The second-order valence-corrected chi connectivity index (χ2v) is 7.96. The van der Waals surface area contributed by atoms with Crippen molar-refractivity contribution in [1.29, 1.82) is 0 Å². The average molecular weight is 436 g/mol. The number of nitrogens with one attached hydrogen (secondary N) is 1. The van der Waals surface area contributed by atoms with E-state index in [4.69, 9.17) is 0 Å². The summed E-state index contributed by atoms with van der Waals surface area (Å²) in [5, 5.41) is 2.82. The molecule has 0 saturated carbocycles. The number of amides is 2. The van der Waals surface area contributed by atoms with Gasteiger partial charge in [0.15, 0.2) is 5.82 Å². The van der Waals surface area contributed by atoms with E-state index in [0.717, 1.165) is 18.4 Å². The van der Waals surface area contributed by atoms with Gasteiger partial charge in [0.1, 0.15) is 11.6 Å². The molecule has 166 valence electrons. The molecule has 0 spiro atoms. The van der Waals surface area contributed by atoms with E-state index in [1.54, 1.807) is 49.3 Å². The normalized spacial score (nSPS) is 14.4. The number of halogens is 1. The Morgan fingerprint density at radius 1 is 1.16 bits per heavy atom. The van der Waals surface area contributed by atoms with Crippen LogP contribution < -0.4 is 5.32 Å². The molecule has 4 rings (SSSR count). The molecule has 9 heteroatoms. The van der Waals surface area contributed by atoms with Crippen molar-refractivity contribution < 1.29 is 14.0 Å². The lowest BCUT2D eigenvalue weighted by Crippen LogP contribution is -2.39. The lowest BCUT2D eigenvalue weighted by molar-refractivity contribution is 0.0694. The number of likely N-dealkylation sites (tertiary alicyclic amines) is 1. The van der Waals surface area contributed by atoms with Gasteiger partial charge in [-0.3, -0.25) is 9.59 Å². The third-order valence-electron chi connectivity index (χ3n) is 5.77. The van der Waals surface area contributed by atoms with Crippen LogP contribution in [0, 0.1) is 12.7 Å². The van der Waals surface area contributed by atoms with Gasteiger partial charge in [0.25, 0.3) is 11.8 Å². The largest absolute Gasteiger partial charge is 0.348 e. The van der Waals surface area contributed by atoms with Gasteiger partial charge in [-0.2, -0.15) is 0 Å². The van der Waals surface area contributed by atoms with Gasteiger partial charge >= 0.3 is 0 Å². The molecule has 2 aromatic heterocycles. The summed E-state index contributed by atoms with van der Waals surface area (Å²) in [5.74, 6) is 0.616. The molecule has 8 nitrogen and oxygen atoms in total. The van der Waals surface area contributed by atoms with E-state index < -0.39 is 0 Å². The first-order valence-corrected chi connectivity index (χ1v) is 10.5. The minimum Gasteiger partial charge on any atom is -0.348 e. The quantitative estimate of drug-likeness (QED) is 0.664. The third-order valence-corrected chi connectivity index (χ3v) is 5.77. The van der Waals surface area contributed by atoms with E-state index in [1.165, 1.54) is 12.1 Å². The predicted molar refractivity (Wildman–Crippen MR) is 115 cm³/mol. The topological polar surface area (TPSA) is 93.0 Å². The van der Waals surface area contributed by atoms with Crippen molar-refractivity contribution in [3.8, 4) is 0 Å². The standard InChI is InChI=1S/C23H25FN6O2/c1-15-19(22(31)27-13-16-3-5-18(24)6-4-16)14-26-20(28-15)17-7-10-30(11-8-17)23(32)21-25-9-12-29(21)2/h3-6,9,12,14,17H,7-8,10-11,13H2,1-2H3,(H,27,31). The summed E-state index contributed by atoms with van der Waals surface area (Å²) in [4.78, 5) is 40.1. The molecule has 1 saturated heterocycles. The highest BCUT2D eigenvalue weighted by molar-refractivity contribution is 5.94. The van der Waals surface area contributed by atoms with E-state index >= 15 is 0 Å². The predicted octanol–water partition coefficient (Wildman–Crippen LogP) is 2.61. The zero-order chi connectivity index (χ0) is 22.7. The minimum absolute atomic E-state index is 0.0683. The van der Waals surface area contributed by atoms with Gasteiger partial charge in [0, 0.05) is 51.2 Å². The van der Waals surface area contributed by atoms with Gasteiger partial charge in [0.05, 0.1) is 11.3 Å². The fraction of sp³-hybridized carbons (Fsp3) is 0.348. The van der Waals surface area contributed by atoms with Crippen LogP contribution in [0.4, 0.5) is 4.39 Å². The number of hydrogen-bond donors (Lipinski definition) is 1. The lowest BCUT2D eigenvalue weighted by atomic mass is 9.95. The summed E-state index contributed by atoms with van der Waals surface area (Å²) in [6, 6.07) is 5.99. The molecule has 1 aliphatic heterocycles. The zero-order valence-corrected chi connectivity index (χ0v) is 18.1. The number of hydrogen-bond acceptors (Lipinski definition) is 5. The van der Waals surface area contributed by atoms with Crippen molar-refractivity contribution in [3.63, 3.8) is 0 Å². The molecular weight excluding hydrogens is 411 g/mol. The number of piperidine rings is 1. The number of benzene rings is 1. The smallest absolute Gasteiger partial charge is 0.289 e. The summed E-state index contributed by atoms with van der Waals surface area (Å²) in [7, 11) is 1.81. The Morgan fingerprint density at radius 2 is 1.88 bits per heavy atom. The van der Waals surface area contributed by atoms with E-state index in [-0.39, 0.29) is 23.5 Å². The monoisotopic (exact) mass is 436 g/mol. The lowest BCUT2D eigenvalue weighted by Gasteiger charge is -2.31. The van der Waals surface area contributed by atoms with Crippen molar-refractivity contribution in [3.05, 3.63) is 77.1 Å². The van der Waals surface area contributed by atoms with Gasteiger partial charge in [-0.05, 0) is 37.5 Å². The molecule has 0 radical (unpaired) electrons. The molecule has 32 heavy (non-hydrogen) atoms. The second kappa shape index (κ2) is 9.25. The van der Waals surface area contributed by atoms with Crippen LogP contribution >= 0.6 is 0 Å². The number of rotatable bonds is 5. The van der Waals surface area contributed by atoms with Crippen molar-refractivity contribution in [2.24, 2.45) is 7.05 Å². The van der Waals surface area contributed by atoms with E-state index in [9.17, 15) is 14.0 Å². The summed E-state index contributed by atoms with van der Waals surface area (Å²) < 4.78 is 14.7. The van der Waals surface area contributed by atoms with Crippen LogP contribution in [-0.4, -0.2) is 49.3 Å². The molecule has 2 amide bonds. The molecule has 0 unspecified atom stereocenters. The number of aryl methyl sites for hydroxylation is 2. The molecule has 0 aliphatic carbocycles. The Morgan fingerprint density at radius 3 is 2.50 bits per heavy atom. The van der Waals surface area contributed by atoms with Crippen LogP contribution in [0.1, 0.15) is 56.8 Å². The summed E-state index contributed by atoms with van der Waals surface area (Å²) in [6.07, 6.45) is 6.45. The molecule has 1 aromatic carbocycles. The van der Waals surface area contributed by atoms with Crippen molar-refractivity contribution in [1.82, 2.24) is 29.7 Å². The minimum atomic E-state index is -0.313. The fourth-order valence-corrected chi connectivity index (χ4v) is 3.84. The van der Waals surface area contributed by atoms with Crippen molar-refractivity contribution in [2.45, 2.75) is 32.2 Å². The highest BCUT2D eigenvalue weighted by atomic mass is 19.1. The van der Waals surface area contributed by atoms with Crippen LogP contribution in [-0.2, 0) is 13.6 Å². The van der Waals surface area contributed by atoms with Crippen LogP contribution in [0.3, 0.4) is 0 Å². The Hall–Kier alpha value is -3.62. The van der Waals surface area contributed by atoms with Gasteiger partial charge < -0.3 is 14.8 Å². The Kier molecular flexibility index (Phi) is 6.25. The van der Waals surface area contributed by atoms with E-state index in [2.05, 4.69) is 20.3 Å². The first-order valence-electron chi connectivity index (χ1n) is 10.5. The number of carbonyl (C=O) groups is 2. The maximum atomic E-state index is 13.0. The zero-order valence-electron chi connectivity index (χ0n) is 18.1. The summed E-state index contributed by atoms with van der Waals surface area (Å²) >= 11 is 0.